The first-order valence-corrected chi connectivity index (χ1v) is 4.80. The maximum atomic E-state index is 9.96. The highest BCUT2D eigenvalue weighted by Gasteiger charge is 2.23. The molecule has 72 valence electrons. The molecule has 0 amide bonds. The van der Waals surface area contributed by atoms with E-state index in [-0.39, 0.29) is 12.1 Å². The zero-order chi connectivity index (χ0) is 9.26. The second kappa shape index (κ2) is 3.52. The Morgan fingerprint density at radius 1 is 1.69 bits per heavy atom. The number of aliphatic hydroxyl groups excluding tert-OH is 1. The summed E-state index contributed by atoms with van der Waals surface area (Å²) < 4.78 is 1.97. The van der Waals surface area contributed by atoms with Crippen molar-refractivity contribution in [3.8, 4) is 0 Å². The first-order valence-electron chi connectivity index (χ1n) is 4.80. The summed E-state index contributed by atoms with van der Waals surface area (Å²) in [6, 6.07) is 2.23. The maximum Gasteiger partial charge on any atom is 0.0957 e. The highest BCUT2D eigenvalue weighted by Crippen LogP contribution is 2.22. The van der Waals surface area contributed by atoms with Gasteiger partial charge in [0.1, 0.15) is 0 Å². The summed E-state index contributed by atoms with van der Waals surface area (Å²) >= 11 is 0. The minimum absolute atomic E-state index is 0.252. The van der Waals surface area contributed by atoms with Gasteiger partial charge < -0.3 is 15.0 Å². The third kappa shape index (κ3) is 1.76. The summed E-state index contributed by atoms with van der Waals surface area (Å²) in [5.74, 6) is 0. The van der Waals surface area contributed by atoms with Gasteiger partial charge in [0.05, 0.1) is 6.10 Å². The molecule has 2 rings (SSSR count). The fourth-order valence-corrected chi connectivity index (χ4v) is 1.91. The van der Waals surface area contributed by atoms with Crippen LogP contribution in [-0.2, 0) is 7.05 Å². The van der Waals surface area contributed by atoms with Crippen LogP contribution in [0, 0.1) is 0 Å². The Hall–Kier alpha value is -0.800. The molecule has 3 nitrogen and oxygen atoms in total. The molecule has 0 saturated carbocycles. The van der Waals surface area contributed by atoms with Gasteiger partial charge in [-0.1, -0.05) is 0 Å². The van der Waals surface area contributed by atoms with E-state index in [1.54, 1.807) is 0 Å². The summed E-state index contributed by atoms with van der Waals surface area (Å²) in [6.45, 7) is 1.04. The van der Waals surface area contributed by atoms with Crippen molar-refractivity contribution < 1.29 is 5.11 Å². The van der Waals surface area contributed by atoms with Gasteiger partial charge in [0.15, 0.2) is 0 Å². The smallest absolute Gasteiger partial charge is 0.0957 e. The van der Waals surface area contributed by atoms with Gasteiger partial charge in [0.25, 0.3) is 0 Å². The van der Waals surface area contributed by atoms with Crippen LogP contribution < -0.4 is 5.32 Å². The van der Waals surface area contributed by atoms with E-state index in [4.69, 9.17) is 0 Å². The molecule has 1 aliphatic heterocycles. The summed E-state index contributed by atoms with van der Waals surface area (Å²) in [6.07, 6.45) is 5.85. The van der Waals surface area contributed by atoms with Crippen LogP contribution in [0.1, 0.15) is 24.5 Å². The molecule has 2 unspecified atom stereocenters. The average Bonchev–Trinajstić information content (AvgIpc) is 2.72. The molecule has 2 N–H and O–H groups in total. The van der Waals surface area contributed by atoms with Gasteiger partial charge >= 0.3 is 0 Å². The maximum absolute atomic E-state index is 9.96. The molecule has 2 heterocycles. The molecule has 1 saturated heterocycles. The van der Waals surface area contributed by atoms with Crippen LogP contribution in [0.4, 0.5) is 0 Å². The van der Waals surface area contributed by atoms with E-state index in [1.807, 2.05) is 30.1 Å². The minimum Gasteiger partial charge on any atom is -0.387 e. The van der Waals surface area contributed by atoms with E-state index in [0.29, 0.717) is 0 Å². The van der Waals surface area contributed by atoms with Crippen LogP contribution in [0.2, 0.25) is 0 Å². The van der Waals surface area contributed by atoms with E-state index in [0.717, 1.165) is 18.5 Å². The van der Waals surface area contributed by atoms with E-state index < -0.39 is 0 Å². The minimum atomic E-state index is -0.344. The lowest BCUT2D eigenvalue weighted by Gasteiger charge is -2.16. The normalized spacial score (nSPS) is 24.9. The summed E-state index contributed by atoms with van der Waals surface area (Å²) in [5.41, 5.74) is 1.02. The van der Waals surface area contributed by atoms with Gasteiger partial charge in [0.2, 0.25) is 0 Å². The average molecular weight is 180 g/mol. The van der Waals surface area contributed by atoms with Crippen molar-refractivity contribution >= 4 is 0 Å². The third-order valence-electron chi connectivity index (χ3n) is 2.68. The van der Waals surface area contributed by atoms with Crippen LogP contribution in [0.3, 0.4) is 0 Å². The van der Waals surface area contributed by atoms with Gasteiger partial charge in [-0.3, -0.25) is 0 Å². The van der Waals surface area contributed by atoms with E-state index in [1.165, 1.54) is 6.42 Å². The molecule has 1 aromatic heterocycles. The molecule has 3 heteroatoms. The fraction of sp³-hybridized carbons (Fsp3) is 0.600. The molecule has 1 aliphatic rings. The molecule has 1 aromatic rings. The van der Waals surface area contributed by atoms with Crippen LogP contribution in [0.25, 0.3) is 0 Å². The topological polar surface area (TPSA) is 37.2 Å². The monoisotopic (exact) mass is 180 g/mol. The number of rotatable bonds is 2. The number of aryl methyl sites for hydroxylation is 1. The zero-order valence-corrected chi connectivity index (χ0v) is 7.90. The van der Waals surface area contributed by atoms with E-state index >= 15 is 0 Å². The summed E-state index contributed by atoms with van der Waals surface area (Å²) in [7, 11) is 1.97. The second-order valence-electron chi connectivity index (χ2n) is 3.76. The van der Waals surface area contributed by atoms with Gasteiger partial charge in [0, 0.05) is 25.5 Å². The van der Waals surface area contributed by atoms with Crippen LogP contribution in [0.15, 0.2) is 18.5 Å². The SMILES string of the molecule is Cn1ccc(C(O)C2CCCN2)c1. The Balaban J connectivity index is 2.07. The summed E-state index contributed by atoms with van der Waals surface area (Å²) in [4.78, 5) is 0. The lowest BCUT2D eigenvalue weighted by atomic mass is 10.0. The van der Waals surface area contributed by atoms with Crippen molar-refractivity contribution in [2.75, 3.05) is 6.54 Å². The first kappa shape index (κ1) is 8.78. The van der Waals surface area contributed by atoms with E-state index in [2.05, 4.69) is 5.32 Å². The standard InChI is InChI=1S/C10H16N2O/c1-12-6-4-8(7-12)10(13)9-3-2-5-11-9/h4,6-7,9-11,13H,2-3,5H2,1H3. The molecule has 0 spiro atoms. The lowest BCUT2D eigenvalue weighted by Crippen LogP contribution is -2.28. The number of nitrogens with one attached hydrogen (secondary N) is 1. The third-order valence-corrected chi connectivity index (χ3v) is 2.68. The van der Waals surface area contributed by atoms with Crippen molar-refractivity contribution in [1.82, 2.24) is 9.88 Å². The molecule has 0 radical (unpaired) electrons. The van der Waals surface area contributed by atoms with Crippen molar-refractivity contribution in [1.29, 1.82) is 0 Å². The molecule has 2 atom stereocenters. The molecule has 1 fully saturated rings. The Kier molecular flexibility index (Phi) is 2.38. The zero-order valence-electron chi connectivity index (χ0n) is 7.90. The number of aliphatic hydroxyl groups is 1. The quantitative estimate of drug-likeness (QED) is 0.706. The molecular formula is C10H16N2O. The molecule has 0 aromatic carbocycles. The van der Waals surface area contributed by atoms with Crippen molar-refractivity contribution in [2.24, 2.45) is 7.05 Å². The Bertz CT molecular complexity index is 276. The Morgan fingerprint density at radius 2 is 2.54 bits per heavy atom. The van der Waals surface area contributed by atoms with Crippen LogP contribution in [0.5, 0.6) is 0 Å². The highest BCUT2D eigenvalue weighted by atomic mass is 16.3. The van der Waals surface area contributed by atoms with Gasteiger partial charge in [-0.15, -0.1) is 0 Å². The van der Waals surface area contributed by atoms with Gasteiger partial charge in [-0.2, -0.15) is 0 Å². The lowest BCUT2D eigenvalue weighted by molar-refractivity contribution is 0.137. The van der Waals surface area contributed by atoms with Crippen LogP contribution >= 0.6 is 0 Å². The molecule has 13 heavy (non-hydrogen) atoms. The first-order chi connectivity index (χ1) is 6.27. The van der Waals surface area contributed by atoms with Crippen molar-refractivity contribution in [2.45, 2.75) is 25.0 Å². The number of hydrogen-bond acceptors (Lipinski definition) is 2. The highest BCUT2D eigenvalue weighted by molar-refractivity contribution is 5.15. The number of hydrogen-bond donors (Lipinski definition) is 2. The Morgan fingerprint density at radius 3 is 3.08 bits per heavy atom. The Labute approximate surface area is 78.4 Å². The molecule has 0 aliphatic carbocycles. The van der Waals surface area contributed by atoms with Crippen molar-refractivity contribution in [3.63, 3.8) is 0 Å². The van der Waals surface area contributed by atoms with E-state index in [9.17, 15) is 5.11 Å². The van der Waals surface area contributed by atoms with Gasteiger partial charge in [-0.25, -0.2) is 0 Å². The molecular weight excluding hydrogens is 164 g/mol. The predicted octanol–water partition coefficient (Wildman–Crippen LogP) is 0.810. The van der Waals surface area contributed by atoms with Crippen LogP contribution in [-0.4, -0.2) is 22.3 Å². The van der Waals surface area contributed by atoms with Crippen molar-refractivity contribution in [3.05, 3.63) is 24.0 Å². The molecule has 0 bridgehead atoms. The fourth-order valence-electron chi connectivity index (χ4n) is 1.91. The largest absolute Gasteiger partial charge is 0.387 e. The predicted molar refractivity (Wildman–Crippen MR) is 51.4 cm³/mol. The number of nitrogens with zero attached hydrogens (tertiary/aromatic N) is 1. The second-order valence-corrected chi connectivity index (χ2v) is 3.76. The number of aromatic nitrogens is 1. The summed E-state index contributed by atoms with van der Waals surface area (Å²) in [5, 5.41) is 13.3. The van der Waals surface area contributed by atoms with Gasteiger partial charge in [-0.05, 0) is 31.0 Å².